The summed E-state index contributed by atoms with van der Waals surface area (Å²) in [5.41, 5.74) is 0.959. The van der Waals surface area contributed by atoms with Crippen LogP contribution in [-0.2, 0) is 4.74 Å². The summed E-state index contributed by atoms with van der Waals surface area (Å²) in [5, 5.41) is 8.89. The van der Waals surface area contributed by atoms with Gasteiger partial charge >= 0.3 is 0 Å². The van der Waals surface area contributed by atoms with Crippen molar-refractivity contribution >= 4 is 0 Å². The SMILES string of the molecule is OCC1CC(c2cccc(F)c2)CO1. The van der Waals surface area contributed by atoms with E-state index in [1.807, 2.05) is 6.07 Å². The van der Waals surface area contributed by atoms with Crippen LogP contribution in [0, 0.1) is 5.82 Å². The second kappa shape index (κ2) is 4.07. The van der Waals surface area contributed by atoms with Crippen LogP contribution in [0.1, 0.15) is 17.9 Å². The first-order valence-corrected chi connectivity index (χ1v) is 4.77. The van der Waals surface area contributed by atoms with Gasteiger partial charge in [-0.1, -0.05) is 12.1 Å². The Hall–Kier alpha value is -0.930. The molecule has 2 nitrogen and oxygen atoms in total. The predicted octanol–water partition coefficient (Wildman–Crippen LogP) is 1.69. The average Bonchev–Trinajstić information content (AvgIpc) is 2.66. The Balaban J connectivity index is 2.09. The van der Waals surface area contributed by atoms with Crippen molar-refractivity contribution in [1.29, 1.82) is 0 Å². The molecule has 1 N–H and O–H groups in total. The van der Waals surface area contributed by atoms with Crippen molar-refractivity contribution in [2.24, 2.45) is 0 Å². The maximum atomic E-state index is 12.9. The number of hydrogen-bond acceptors (Lipinski definition) is 2. The number of benzene rings is 1. The summed E-state index contributed by atoms with van der Waals surface area (Å²) in [5.74, 6) is 0.0119. The Morgan fingerprint density at radius 3 is 3.00 bits per heavy atom. The van der Waals surface area contributed by atoms with E-state index in [4.69, 9.17) is 9.84 Å². The Morgan fingerprint density at radius 2 is 2.36 bits per heavy atom. The van der Waals surface area contributed by atoms with Gasteiger partial charge in [-0.05, 0) is 24.1 Å². The van der Waals surface area contributed by atoms with Crippen molar-refractivity contribution in [1.82, 2.24) is 0 Å². The lowest BCUT2D eigenvalue weighted by molar-refractivity contribution is 0.0585. The molecule has 76 valence electrons. The number of aliphatic hydroxyl groups is 1. The Kier molecular flexibility index (Phi) is 2.79. The van der Waals surface area contributed by atoms with Gasteiger partial charge in [0.05, 0.1) is 19.3 Å². The summed E-state index contributed by atoms with van der Waals surface area (Å²) in [6, 6.07) is 6.57. The lowest BCUT2D eigenvalue weighted by Crippen LogP contribution is -2.09. The van der Waals surface area contributed by atoms with E-state index in [9.17, 15) is 4.39 Å². The normalized spacial score (nSPS) is 26.7. The van der Waals surface area contributed by atoms with Crippen LogP contribution in [0.5, 0.6) is 0 Å². The number of halogens is 1. The number of rotatable bonds is 2. The van der Waals surface area contributed by atoms with E-state index < -0.39 is 0 Å². The molecule has 1 saturated heterocycles. The lowest BCUT2D eigenvalue weighted by Gasteiger charge is -2.07. The Bertz CT molecular complexity index is 314. The zero-order valence-electron chi connectivity index (χ0n) is 7.82. The van der Waals surface area contributed by atoms with Crippen LogP contribution in [0.25, 0.3) is 0 Å². The fourth-order valence-electron chi connectivity index (χ4n) is 1.83. The van der Waals surface area contributed by atoms with Crippen LogP contribution < -0.4 is 0 Å². The molecule has 1 aliphatic heterocycles. The quantitative estimate of drug-likeness (QED) is 0.780. The molecule has 0 amide bonds. The van der Waals surface area contributed by atoms with Gasteiger partial charge in [0.25, 0.3) is 0 Å². The smallest absolute Gasteiger partial charge is 0.123 e. The first-order chi connectivity index (χ1) is 6.79. The molecular weight excluding hydrogens is 183 g/mol. The number of aliphatic hydroxyl groups excluding tert-OH is 1. The van der Waals surface area contributed by atoms with E-state index in [1.54, 1.807) is 6.07 Å². The van der Waals surface area contributed by atoms with E-state index >= 15 is 0 Å². The van der Waals surface area contributed by atoms with Crippen LogP contribution >= 0.6 is 0 Å². The standard InChI is InChI=1S/C11H13FO2/c12-10-3-1-2-8(4-10)9-5-11(6-13)14-7-9/h1-4,9,11,13H,5-7H2. The highest BCUT2D eigenvalue weighted by molar-refractivity contribution is 5.21. The molecule has 2 unspecified atom stereocenters. The molecular formula is C11H13FO2. The number of ether oxygens (including phenoxy) is 1. The number of hydrogen-bond donors (Lipinski definition) is 1. The van der Waals surface area contributed by atoms with Crippen molar-refractivity contribution in [3.05, 3.63) is 35.6 Å². The van der Waals surface area contributed by atoms with Crippen molar-refractivity contribution in [3.8, 4) is 0 Å². The zero-order chi connectivity index (χ0) is 9.97. The lowest BCUT2D eigenvalue weighted by atomic mass is 9.96. The summed E-state index contributed by atoms with van der Waals surface area (Å²) >= 11 is 0. The van der Waals surface area contributed by atoms with E-state index in [1.165, 1.54) is 12.1 Å². The third-order valence-electron chi connectivity index (χ3n) is 2.60. The summed E-state index contributed by atoms with van der Waals surface area (Å²) < 4.78 is 18.2. The second-order valence-corrected chi connectivity index (χ2v) is 3.63. The van der Waals surface area contributed by atoms with Crippen LogP contribution in [0.15, 0.2) is 24.3 Å². The highest BCUT2D eigenvalue weighted by atomic mass is 19.1. The maximum absolute atomic E-state index is 12.9. The molecule has 0 bridgehead atoms. The molecule has 1 aromatic carbocycles. The molecule has 14 heavy (non-hydrogen) atoms. The van der Waals surface area contributed by atoms with Crippen LogP contribution in [0.4, 0.5) is 4.39 Å². The monoisotopic (exact) mass is 196 g/mol. The maximum Gasteiger partial charge on any atom is 0.123 e. The minimum Gasteiger partial charge on any atom is -0.394 e. The van der Waals surface area contributed by atoms with Gasteiger partial charge < -0.3 is 9.84 Å². The van der Waals surface area contributed by atoms with E-state index in [0.717, 1.165) is 12.0 Å². The molecule has 1 aliphatic rings. The average molecular weight is 196 g/mol. The zero-order valence-corrected chi connectivity index (χ0v) is 7.82. The minimum atomic E-state index is -0.213. The highest BCUT2D eigenvalue weighted by Crippen LogP contribution is 2.29. The van der Waals surface area contributed by atoms with Gasteiger partial charge in [0.15, 0.2) is 0 Å². The molecule has 1 aromatic rings. The summed E-state index contributed by atoms with van der Waals surface area (Å²) in [6.45, 7) is 0.625. The third-order valence-corrected chi connectivity index (χ3v) is 2.60. The summed E-state index contributed by atoms with van der Waals surface area (Å²) in [7, 11) is 0. The van der Waals surface area contributed by atoms with Gasteiger partial charge in [-0.2, -0.15) is 0 Å². The molecule has 0 radical (unpaired) electrons. The third kappa shape index (κ3) is 1.94. The fraction of sp³-hybridized carbons (Fsp3) is 0.455. The van der Waals surface area contributed by atoms with Crippen molar-refractivity contribution < 1.29 is 14.2 Å². The largest absolute Gasteiger partial charge is 0.394 e. The van der Waals surface area contributed by atoms with Gasteiger partial charge in [0, 0.05) is 5.92 Å². The van der Waals surface area contributed by atoms with Gasteiger partial charge in [-0.3, -0.25) is 0 Å². The highest BCUT2D eigenvalue weighted by Gasteiger charge is 2.26. The molecule has 0 saturated carbocycles. The van der Waals surface area contributed by atoms with Gasteiger partial charge in [0.2, 0.25) is 0 Å². The Morgan fingerprint density at radius 1 is 1.50 bits per heavy atom. The molecule has 1 heterocycles. The Labute approximate surface area is 82.3 Å². The molecule has 0 aliphatic carbocycles. The fourth-order valence-corrected chi connectivity index (χ4v) is 1.83. The van der Waals surface area contributed by atoms with Crippen LogP contribution in [0.3, 0.4) is 0 Å². The van der Waals surface area contributed by atoms with E-state index in [0.29, 0.717) is 6.61 Å². The van der Waals surface area contributed by atoms with Crippen LogP contribution in [-0.4, -0.2) is 24.4 Å². The summed E-state index contributed by atoms with van der Waals surface area (Å²) in [4.78, 5) is 0. The van der Waals surface area contributed by atoms with Crippen molar-refractivity contribution in [2.45, 2.75) is 18.4 Å². The second-order valence-electron chi connectivity index (χ2n) is 3.63. The predicted molar refractivity (Wildman–Crippen MR) is 50.6 cm³/mol. The summed E-state index contributed by atoms with van der Waals surface area (Å²) in [6.07, 6.45) is 0.697. The van der Waals surface area contributed by atoms with Gasteiger partial charge in [-0.25, -0.2) is 4.39 Å². The van der Waals surface area contributed by atoms with E-state index in [2.05, 4.69) is 0 Å². The molecule has 3 heteroatoms. The minimum absolute atomic E-state index is 0.0474. The molecule has 0 spiro atoms. The molecule has 0 aromatic heterocycles. The molecule has 2 rings (SSSR count). The topological polar surface area (TPSA) is 29.5 Å². The molecule has 1 fully saturated rings. The molecule has 2 atom stereocenters. The van der Waals surface area contributed by atoms with Gasteiger partial charge in [-0.15, -0.1) is 0 Å². The van der Waals surface area contributed by atoms with Crippen molar-refractivity contribution in [2.75, 3.05) is 13.2 Å². The van der Waals surface area contributed by atoms with E-state index in [-0.39, 0.29) is 24.4 Å². The van der Waals surface area contributed by atoms with Gasteiger partial charge in [0.1, 0.15) is 5.82 Å². The first kappa shape index (κ1) is 9.62. The van der Waals surface area contributed by atoms with Crippen LogP contribution in [0.2, 0.25) is 0 Å². The van der Waals surface area contributed by atoms with Crippen molar-refractivity contribution in [3.63, 3.8) is 0 Å². The first-order valence-electron chi connectivity index (χ1n) is 4.77.